The summed E-state index contributed by atoms with van der Waals surface area (Å²) >= 11 is 0. The van der Waals surface area contributed by atoms with Gasteiger partial charge in [0.2, 0.25) is 5.89 Å². The van der Waals surface area contributed by atoms with Gasteiger partial charge in [0.25, 0.3) is 0 Å². The second-order valence-electron chi connectivity index (χ2n) is 5.97. The summed E-state index contributed by atoms with van der Waals surface area (Å²) < 4.78 is 31.5. The zero-order chi connectivity index (χ0) is 16.3. The molecule has 0 spiro atoms. The molecule has 120 valence electrons. The average molecular weight is 309 g/mol. The van der Waals surface area contributed by atoms with Crippen LogP contribution in [-0.2, 0) is 13.0 Å². The van der Waals surface area contributed by atoms with Crippen molar-refractivity contribution in [3.63, 3.8) is 0 Å². The fourth-order valence-electron chi connectivity index (χ4n) is 2.18. The highest BCUT2D eigenvalue weighted by Gasteiger charge is 2.17. The van der Waals surface area contributed by atoms with Gasteiger partial charge in [-0.05, 0) is 37.6 Å². The lowest BCUT2D eigenvalue weighted by molar-refractivity contribution is 0.215. The van der Waals surface area contributed by atoms with Crippen molar-refractivity contribution in [2.24, 2.45) is 5.92 Å². The SMILES string of the molecule is CC(C)Cc1noc(CN(C)C(C)c2ccc(F)c(F)c2)n1. The Morgan fingerprint density at radius 2 is 1.91 bits per heavy atom. The van der Waals surface area contributed by atoms with Crippen molar-refractivity contribution in [3.8, 4) is 0 Å². The van der Waals surface area contributed by atoms with Crippen molar-refractivity contribution in [2.75, 3.05) is 7.05 Å². The van der Waals surface area contributed by atoms with Crippen LogP contribution in [0.5, 0.6) is 0 Å². The van der Waals surface area contributed by atoms with Crippen molar-refractivity contribution >= 4 is 0 Å². The fraction of sp³-hybridized carbons (Fsp3) is 0.500. The smallest absolute Gasteiger partial charge is 0.240 e. The second-order valence-corrected chi connectivity index (χ2v) is 5.97. The first kappa shape index (κ1) is 16.5. The third kappa shape index (κ3) is 4.10. The van der Waals surface area contributed by atoms with Gasteiger partial charge in [-0.1, -0.05) is 25.1 Å². The summed E-state index contributed by atoms with van der Waals surface area (Å²) in [7, 11) is 1.87. The molecule has 0 saturated heterocycles. The summed E-state index contributed by atoms with van der Waals surface area (Å²) in [6, 6.07) is 3.84. The van der Waals surface area contributed by atoms with Crippen LogP contribution in [0.4, 0.5) is 8.78 Å². The molecule has 1 aromatic heterocycles. The maximum atomic E-state index is 13.3. The summed E-state index contributed by atoms with van der Waals surface area (Å²) in [5, 5.41) is 3.94. The van der Waals surface area contributed by atoms with E-state index in [-0.39, 0.29) is 6.04 Å². The Kier molecular flexibility index (Phi) is 5.24. The third-order valence-corrected chi connectivity index (χ3v) is 3.57. The van der Waals surface area contributed by atoms with E-state index < -0.39 is 11.6 Å². The van der Waals surface area contributed by atoms with Gasteiger partial charge in [0.05, 0.1) is 6.54 Å². The van der Waals surface area contributed by atoms with Gasteiger partial charge in [0, 0.05) is 12.5 Å². The molecule has 22 heavy (non-hydrogen) atoms. The van der Waals surface area contributed by atoms with Crippen LogP contribution in [0, 0.1) is 17.6 Å². The maximum Gasteiger partial charge on any atom is 0.240 e. The molecule has 0 N–H and O–H groups in total. The quantitative estimate of drug-likeness (QED) is 0.815. The van der Waals surface area contributed by atoms with Gasteiger partial charge in [0.15, 0.2) is 17.5 Å². The molecular weight excluding hydrogens is 288 g/mol. The normalized spacial score (nSPS) is 13.1. The number of hydrogen-bond acceptors (Lipinski definition) is 4. The standard InChI is InChI=1S/C16H21F2N3O/c1-10(2)7-15-19-16(22-20-15)9-21(4)11(3)12-5-6-13(17)14(18)8-12/h5-6,8,10-11H,7,9H2,1-4H3. The summed E-state index contributed by atoms with van der Waals surface area (Å²) in [6.45, 7) is 6.55. The maximum absolute atomic E-state index is 13.3. The molecule has 0 fully saturated rings. The molecule has 1 unspecified atom stereocenters. The van der Waals surface area contributed by atoms with Crippen LogP contribution in [0.1, 0.15) is 44.1 Å². The minimum atomic E-state index is -0.839. The van der Waals surface area contributed by atoms with Crippen LogP contribution in [0.25, 0.3) is 0 Å². The van der Waals surface area contributed by atoms with Crippen LogP contribution in [0.2, 0.25) is 0 Å². The van der Waals surface area contributed by atoms with Crippen molar-refractivity contribution in [1.29, 1.82) is 0 Å². The number of aromatic nitrogens is 2. The van der Waals surface area contributed by atoms with Crippen LogP contribution in [0.3, 0.4) is 0 Å². The van der Waals surface area contributed by atoms with E-state index >= 15 is 0 Å². The molecule has 0 aliphatic heterocycles. The molecule has 6 heteroatoms. The molecule has 0 saturated carbocycles. The van der Waals surface area contributed by atoms with E-state index in [4.69, 9.17) is 4.52 Å². The Morgan fingerprint density at radius 1 is 1.18 bits per heavy atom. The summed E-state index contributed by atoms with van der Waals surface area (Å²) in [5.41, 5.74) is 0.698. The lowest BCUT2D eigenvalue weighted by Gasteiger charge is -2.23. The highest BCUT2D eigenvalue weighted by molar-refractivity contribution is 5.20. The Hall–Kier alpha value is -1.82. The summed E-state index contributed by atoms with van der Waals surface area (Å²) in [4.78, 5) is 6.29. The number of hydrogen-bond donors (Lipinski definition) is 0. The van der Waals surface area contributed by atoms with Crippen molar-refractivity contribution < 1.29 is 13.3 Å². The van der Waals surface area contributed by atoms with Crippen molar-refractivity contribution in [1.82, 2.24) is 15.0 Å². The van der Waals surface area contributed by atoms with E-state index in [1.54, 1.807) is 6.07 Å². The molecule has 4 nitrogen and oxygen atoms in total. The first-order chi connectivity index (χ1) is 10.4. The topological polar surface area (TPSA) is 42.2 Å². The number of rotatable bonds is 6. The van der Waals surface area contributed by atoms with E-state index in [0.717, 1.165) is 12.5 Å². The van der Waals surface area contributed by atoms with Gasteiger partial charge in [0.1, 0.15) is 0 Å². The first-order valence-electron chi connectivity index (χ1n) is 7.33. The Balaban J connectivity index is 2.02. The van der Waals surface area contributed by atoms with Crippen LogP contribution in [-0.4, -0.2) is 22.1 Å². The number of halogens is 2. The van der Waals surface area contributed by atoms with Crippen molar-refractivity contribution in [3.05, 3.63) is 47.1 Å². The lowest BCUT2D eigenvalue weighted by Crippen LogP contribution is -2.22. The highest BCUT2D eigenvalue weighted by atomic mass is 19.2. The van der Waals surface area contributed by atoms with Gasteiger partial charge >= 0.3 is 0 Å². The van der Waals surface area contributed by atoms with Crippen LogP contribution in [0.15, 0.2) is 22.7 Å². The second kappa shape index (κ2) is 6.96. The zero-order valence-corrected chi connectivity index (χ0v) is 13.3. The fourth-order valence-corrected chi connectivity index (χ4v) is 2.18. The number of nitrogens with zero attached hydrogens (tertiary/aromatic N) is 3. The molecule has 0 bridgehead atoms. The monoisotopic (exact) mass is 309 g/mol. The van der Waals surface area contributed by atoms with Crippen molar-refractivity contribution in [2.45, 2.75) is 39.8 Å². The largest absolute Gasteiger partial charge is 0.338 e. The van der Waals surface area contributed by atoms with E-state index in [1.807, 2.05) is 18.9 Å². The van der Waals surface area contributed by atoms with Crippen LogP contribution < -0.4 is 0 Å². The minimum Gasteiger partial charge on any atom is -0.338 e. The molecule has 2 rings (SSSR count). The Labute approximate surface area is 129 Å². The van der Waals surface area contributed by atoms with E-state index in [1.165, 1.54) is 6.07 Å². The Bertz CT molecular complexity index is 628. The van der Waals surface area contributed by atoms with Gasteiger partial charge in [-0.15, -0.1) is 0 Å². The molecule has 1 heterocycles. The first-order valence-corrected chi connectivity index (χ1v) is 7.33. The van der Waals surface area contributed by atoms with E-state index in [9.17, 15) is 8.78 Å². The Morgan fingerprint density at radius 3 is 2.55 bits per heavy atom. The summed E-state index contributed by atoms with van der Waals surface area (Å²) in [6.07, 6.45) is 0.770. The molecule has 1 atom stereocenters. The average Bonchev–Trinajstić information content (AvgIpc) is 2.87. The number of benzene rings is 1. The summed E-state index contributed by atoms with van der Waals surface area (Å²) in [5.74, 6) is -0.000603. The lowest BCUT2D eigenvalue weighted by atomic mass is 10.1. The van der Waals surface area contributed by atoms with Gasteiger partial charge in [-0.2, -0.15) is 4.98 Å². The molecule has 0 aliphatic rings. The predicted molar refractivity (Wildman–Crippen MR) is 79.1 cm³/mol. The zero-order valence-electron chi connectivity index (χ0n) is 13.3. The predicted octanol–water partition coefficient (Wildman–Crippen LogP) is 3.74. The van der Waals surface area contributed by atoms with Gasteiger partial charge in [-0.3, -0.25) is 4.90 Å². The molecule has 0 radical (unpaired) electrons. The third-order valence-electron chi connectivity index (χ3n) is 3.57. The molecule has 2 aromatic rings. The highest BCUT2D eigenvalue weighted by Crippen LogP contribution is 2.22. The van der Waals surface area contributed by atoms with Gasteiger partial charge in [-0.25, -0.2) is 8.78 Å². The molecule has 0 amide bonds. The van der Waals surface area contributed by atoms with Gasteiger partial charge < -0.3 is 4.52 Å². The molecule has 1 aromatic carbocycles. The van der Waals surface area contributed by atoms with E-state index in [2.05, 4.69) is 24.0 Å². The van der Waals surface area contributed by atoms with Crippen LogP contribution >= 0.6 is 0 Å². The van der Waals surface area contributed by atoms with E-state index in [0.29, 0.717) is 29.7 Å². The molecule has 0 aliphatic carbocycles. The minimum absolute atomic E-state index is 0.101. The molecular formula is C16H21F2N3O.